The zero-order valence-corrected chi connectivity index (χ0v) is 17.5. The number of nitrogens with two attached hydrogens (primary N) is 2. The number of phenols is 2. The molecule has 0 aliphatic rings. The summed E-state index contributed by atoms with van der Waals surface area (Å²) < 4.78 is 0. The van der Waals surface area contributed by atoms with Crippen LogP contribution in [0.15, 0.2) is 18.2 Å². The second-order valence-corrected chi connectivity index (χ2v) is 6.62. The van der Waals surface area contributed by atoms with Crippen LogP contribution in [-0.2, 0) is 25.6 Å². The molecule has 174 valence electrons. The van der Waals surface area contributed by atoms with E-state index in [9.17, 15) is 19.2 Å². The number of carboxylic acid groups (broad SMARTS) is 2. The first-order valence-electron chi connectivity index (χ1n) is 9.10. The van der Waals surface area contributed by atoms with Crippen LogP contribution in [0.1, 0.15) is 18.4 Å². The van der Waals surface area contributed by atoms with E-state index in [1.54, 1.807) is 6.07 Å². The number of rotatable bonds is 11. The Hall–Kier alpha value is -3.03. The fourth-order valence-corrected chi connectivity index (χ4v) is 2.30. The van der Waals surface area contributed by atoms with Crippen LogP contribution < -0.4 is 22.1 Å². The molecule has 12 nitrogen and oxygen atoms in total. The van der Waals surface area contributed by atoms with E-state index in [-0.39, 0.29) is 30.1 Å². The van der Waals surface area contributed by atoms with Crippen LogP contribution in [0.4, 0.5) is 0 Å². The molecule has 2 atom stereocenters. The van der Waals surface area contributed by atoms with Gasteiger partial charge in [-0.05, 0) is 37.1 Å². The van der Waals surface area contributed by atoms with Gasteiger partial charge in [0.15, 0.2) is 11.5 Å². The summed E-state index contributed by atoms with van der Waals surface area (Å²) in [4.78, 5) is 43.7. The maximum atomic E-state index is 11.5. The third-order valence-electron chi connectivity index (χ3n) is 3.72. The number of carbonyl (C=O) groups is 4. The third kappa shape index (κ3) is 12.3. The number of hydrogen-bond donors (Lipinski definition) is 9. The monoisotopic (exact) mass is 460 g/mol. The number of amides is 2. The van der Waals surface area contributed by atoms with Crippen molar-refractivity contribution in [2.45, 2.75) is 31.3 Å². The van der Waals surface area contributed by atoms with Crippen LogP contribution >= 0.6 is 12.6 Å². The van der Waals surface area contributed by atoms with Gasteiger partial charge in [0.2, 0.25) is 11.8 Å². The maximum Gasteiger partial charge on any atom is 0.322 e. The van der Waals surface area contributed by atoms with Crippen molar-refractivity contribution in [1.29, 1.82) is 0 Å². The van der Waals surface area contributed by atoms with E-state index in [1.165, 1.54) is 12.1 Å². The van der Waals surface area contributed by atoms with Crippen molar-refractivity contribution in [2.24, 2.45) is 11.5 Å². The van der Waals surface area contributed by atoms with Gasteiger partial charge in [-0.15, -0.1) is 0 Å². The lowest BCUT2D eigenvalue weighted by atomic mass is 10.1. The number of benzene rings is 1. The number of nitrogens with one attached hydrogen (secondary N) is 2. The van der Waals surface area contributed by atoms with E-state index in [4.69, 9.17) is 31.9 Å². The summed E-state index contributed by atoms with van der Waals surface area (Å²) in [5, 5.41) is 39.3. The van der Waals surface area contributed by atoms with Crippen molar-refractivity contribution < 1.29 is 39.6 Å². The van der Waals surface area contributed by atoms with Crippen molar-refractivity contribution >= 4 is 36.4 Å². The summed E-state index contributed by atoms with van der Waals surface area (Å²) in [6.07, 6.45) is 0.481. The molecule has 0 spiro atoms. The van der Waals surface area contributed by atoms with Crippen LogP contribution in [0.5, 0.6) is 11.5 Å². The lowest BCUT2D eigenvalue weighted by Crippen LogP contribution is -2.49. The lowest BCUT2D eigenvalue weighted by molar-refractivity contribution is -0.139. The topological polar surface area (TPSA) is 225 Å². The predicted molar refractivity (Wildman–Crippen MR) is 114 cm³/mol. The van der Waals surface area contributed by atoms with Gasteiger partial charge in [0.1, 0.15) is 18.6 Å². The molecule has 31 heavy (non-hydrogen) atoms. The van der Waals surface area contributed by atoms with E-state index in [1.807, 2.05) is 0 Å². The zero-order valence-electron chi connectivity index (χ0n) is 16.7. The highest BCUT2D eigenvalue weighted by Gasteiger charge is 2.20. The van der Waals surface area contributed by atoms with Crippen LogP contribution in [0.3, 0.4) is 0 Å². The molecular formula is C18H28N4O8S. The van der Waals surface area contributed by atoms with Crippen molar-refractivity contribution in [2.75, 3.05) is 18.8 Å². The molecule has 0 radical (unpaired) electrons. The Morgan fingerprint density at radius 3 is 2.23 bits per heavy atom. The molecule has 0 aliphatic carbocycles. The average molecular weight is 461 g/mol. The smallest absolute Gasteiger partial charge is 0.322 e. The van der Waals surface area contributed by atoms with E-state index in [0.29, 0.717) is 13.0 Å². The van der Waals surface area contributed by atoms with Gasteiger partial charge in [0.25, 0.3) is 0 Å². The first-order chi connectivity index (χ1) is 14.5. The summed E-state index contributed by atoms with van der Waals surface area (Å²) in [6.45, 7) is -0.0207. The van der Waals surface area contributed by atoms with Gasteiger partial charge in [0.05, 0.1) is 0 Å². The quantitative estimate of drug-likeness (QED) is 0.136. The highest BCUT2D eigenvalue weighted by atomic mass is 32.1. The minimum absolute atomic E-state index is 0.0256. The number of hydrogen-bond acceptors (Lipinski definition) is 9. The molecule has 0 aromatic heterocycles. The number of phenolic OH excluding ortho intramolecular Hbond substituents is 2. The number of thiol groups is 1. The molecule has 1 aromatic carbocycles. The van der Waals surface area contributed by atoms with Gasteiger partial charge in [-0.1, -0.05) is 6.07 Å². The number of aromatic hydroxyl groups is 2. The van der Waals surface area contributed by atoms with Crippen LogP contribution in [0, 0.1) is 0 Å². The Balaban J connectivity index is 0.000000683. The zero-order chi connectivity index (χ0) is 24.0. The Morgan fingerprint density at radius 2 is 1.74 bits per heavy atom. The van der Waals surface area contributed by atoms with Gasteiger partial charge >= 0.3 is 11.9 Å². The fraction of sp³-hybridized carbons (Fsp3) is 0.444. The van der Waals surface area contributed by atoms with Crippen LogP contribution in [-0.4, -0.2) is 75.1 Å². The number of aliphatic carboxylic acids is 2. The van der Waals surface area contributed by atoms with Crippen molar-refractivity contribution in [3.05, 3.63) is 23.8 Å². The molecule has 2 amide bonds. The molecule has 2 unspecified atom stereocenters. The van der Waals surface area contributed by atoms with Gasteiger partial charge in [0, 0.05) is 12.2 Å². The molecular weight excluding hydrogens is 432 g/mol. The Labute approximate surface area is 184 Å². The normalized spacial score (nSPS) is 12.0. The molecule has 1 rings (SSSR count). The largest absolute Gasteiger partial charge is 0.504 e. The Kier molecular flexibility index (Phi) is 13.4. The van der Waals surface area contributed by atoms with Gasteiger partial charge in [-0.3, -0.25) is 19.2 Å². The lowest BCUT2D eigenvalue weighted by Gasteiger charge is -2.16. The Morgan fingerprint density at radius 1 is 1.10 bits per heavy atom. The summed E-state index contributed by atoms with van der Waals surface area (Å²) in [5.74, 6) is -3.88. The van der Waals surface area contributed by atoms with Gasteiger partial charge in [-0.25, -0.2) is 0 Å². The summed E-state index contributed by atoms with van der Waals surface area (Å²) >= 11 is 3.87. The van der Waals surface area contributed by atoms with Crippen molar-refractivity contribution in [3.8, 4) is 11.5 Å². The molecule has 0 saturated carbocycles. The first-order valence-corrected chi connectivity index (χ1v) is 9.74. The van der Waals surface area contributed by atoms with E-state index >= 15 is 0 Å². The van der Waals surface area contributed by atoms with E-state index in [0.717, 1.165) is 5.56 Å². The van der Waals surface area contributed by atoms with Crippen LogP contribution in [0.25, 0.3) is 0 Å². The summed E-state index contributed by atoms with van der Waals surface area (Å²) in [5.41, 5.74) is 11.5. The first kappa shape index (κ1) is 28.0. The maximum absolute atomic E-state index is 11.5. The molecule has 0 bridgehead atoms. The van der Waals surface area contributed by atoms with Crippen molar-refractivity contribution in [1.82, 2.24) is 10.6 Å². The Bertz CT molecular complexity index is 762. The molecule has 13 heteroatoms. The summed E-state index contributed by atoms with van der Waals surface area (Å²) in [7, 11) is 0. The molecule has 0 aliphatic heterocycles. The second kappa shape index (κ2) is 14.9. The van der Waals surface area contributed by atoms with E-state index < -0.39 is 42.4 Å². The molecule has 10 N–H and O–H groups in total. The fourth-order valence-electron chi connectivity index (χ4n) is 2.05. The van der Waals surface area contributed by atoms with Gasteiger partial charge < -0.3 is 42.5 Å². The SMILES string of the molecule is NC(CCC(=O)NC(CS)C(=O)NCC(=O)O)C(=O)O.NCCc1ccc(O)c(O)c1. The standard InChI is InChI=1S/C10H17N3O6S.C8H11NO2/c11-5(10(18)19)1-2-7(14)13-6(4-20)9(17)12-3-8(15)16;9-4-3-6-1-2-7(10)8(11)5-6/h5-6,20H,1-4,11H2,(H,12,17)(H,13,14)(H,15,16)(H,18,19);1-2,5,10-11H,3-4,9H2. The molecule has 0 fully saturated rings. The highest BCUT2D eigenvalue weighted by Crippen LogP contribution is 2.24. The average Bonchev–Trinajstić information content (AvgIpc) is 2.71. The van der Waals surface area contributed by atoms with E-state index in [2.05, 4.69) is 23.3 Å². The van der Waals surface area contributed by atoms with Gasteiger partial charge in [-0.2, -0.15) is 12.6 Å². The predicted octanol–water partition coefficient (Wildman–Crippen LogP) is -1.61. The second-order valence-electron chi connectivity index (χ2n) is 6.26. The molecule has 1 aromatic rings. The minimum atomic E-state index is -1.22. The number of carboxylic acids is 2. The minimum Gasteiger partial charge on any atom is -0.504 e. The highest BCUT2D eigenvalue weighted by molar-refractivity contribution is 7.80. The van der Waals surface area contributed by atoms with Crippen molar-refractivity contribution in [3.63, 3.8) is 0 Å². The number of carbonyl (C=O) groups excluding carboxylic acids is 2. The summed E-state index contributed by atoms with van der Waals surface area (Å²) in [6, 6.07) is 2.56. The molecule has 0 heterocycles. The third-order valence-corrected chi connectivity index (χ3v) is 4.09. The molecule has 0 saturated heterocycles. The van der Waals surface area contributed by atoms with Crippen LogP contribution in [0.2, 0.25) is 0 Å².